The van der Waals surface area contributed by atoms with Gasteiger partial charge < -0.3 is 21.5 Å². The van der Waals surface area contributed by atoms with E-state index in [1.54, 1.807) is 0 Å². The third-order valence-corrected chi connectivity index (χ3v) is 6.90. The Morgan fingerprint density at radius 1 is 1.28 bits per heavy atom. The number of aliphatic hydroxyl groups excluding tert-OH is 1. The number of halogens is 5. The van der Waals surface area contributed by atoms with E-state index in [0.717, 1.165) is 18.3 Å². The molecule has 0 saturated carbocycles. The first kappa shape index (κ1) is 28.2. The van der Waals surface area contributed by atoms with Crippen LogP contribution >= 0.6 is 11.6 Å². The summed E-state index contributed by atoms with van der Waals surface area (Å²) in [4.78, 5) is 9.92. The Bertz CT molecular complexity index is 1020. The molecule has 0 spiro atoms. The number of alkyl halides is 4. The number of hydrogen-bond donors (Lipinski definition) is 4. The van der Waals surface area contributed by atoms with E-state index < -0.39 is 29.5 Å². The van der Waals surface area contributed by atoms with Crippen LogP contribution in [0.1, 0.15) is 51.5 Å². The van der Waals surface area contributed by atoms with Crippen LogP contribution in [0.3, 0.4) is 0 Å². The molecule has 0 bridgehead atoms. The quantitative estimate of drug-likeness (QED) is 0.292. The van der Waals surface area contributed by atoms with Gasteiger partial charge in [-0.2, -0.15) is 18.2 Å². The van der Waals surface area contributed by atoms with Gasteiger partial charge in [0.25, 0.3) is 0 Å². The Labute approximate surface area is 213 Å². The minimum atomic E-state index is -4.64. The van der Waals surface area contributed by atoms with Crippen LogP contribution in [0.15, 0.2) is 24.4 Å². The number of fused-ring (bicyclic) bond motifs is 1. The van der Waals surface area contributed by atoms with E-state index >= 15 is 0 Å². The average molecular weight is 533 g/mol. The SMILES string of the molecule is CC1(C)CCCC2CCCN21.Nc1nc(Nc2ccc(NCC(O)CCl)c(C(F)(F)F)c2)ncc1F. The summed E-state index contributed by atoms with van der Waals surface area (Å²) in [6, 6.07) is 4.30. The maximum atomic E-state index is 13.2. The van der Waals surface area contributed by atoms with E-state index in [1.165, 1.54) is 50.8 Å². The fraction of sp³-hybridized carbons (Fsp3) is 0.583. The van der Waals surface area contributed by atoms with Crippen molar-refractivity contribution in [3.05, 3.63) is 35.8 Å². The number of rotatable bonds is 6. The van der Waals surface area contributed by atoms with Crippen molar-refractivity contribution in [2.24, 2.45) is 0 Å². The number of anilines is 4. The minimum Gasteiger partial charge on any atom is -0.390 e. The first-order valence-corrected chi connectivity index (χ1v) is 12.4. The molecule has 1 aromatic heterocycles. The molecule has 5 N–H and O–H groups in total. The number of hydrogen-bond acceptors (Lipinski definition) is 7. The van der Waals surface area contributed by atoms with Crippen LogP contribution in [0.25, 0.3) is 0 Å². The van der Waals surface area contributed by atoms with Gasteiger partial charge >= 0.3 is 6.18 Å². The summed E-state index contributed by atoms with van der Waals surface area (Å²) >= 11 is 5.41. The van der Waals surface area contributed by atoms with Crippen molar-refractivity contribution < 1.29 is 22.7 Å². The molecule has 200 valence electrons. The molecule has 4 rings (SSSR count). The molecule has 2 fully saturated rings. The lowest BCUT2D eigenvalue weighted by Gasteiger charge is -2.44. The van der Waals surface area contributed by atoms with Crippen molar-refractivity contribution in [1.29, 1.82) is 0 Å². The molecule has 2 atom stereocenters. The van der Waals surface area contributed by atoms with Gasteiger partial charge in [-0.25, -0.2) is 9.37 Å². The lowest BCUT2D eigenvalue weighted by molar-refractivity contribution is -0.136. The largest absolute Gasteiger partial charge is 0.418 e. The molecule has 2 aliphatic heterocycles. The summed E-state index contributed by atoms with van der Waals surface area (Å²) in [6.45, 7) is 6.03. The van der Waals surface area contributed by atoms with E-state index in [2.05, 4.69) is 39.3 Å². The smallest absolute Gasteiger partial charge is 0.390 e. The number of nitrogen functional groups attached to an aromatic ring is 1. The van der Waals surface area contributed by atoms with Gasteiger partial charge in [0.15, 0.2) is 11.6 Å². The molecule has 2 unspecified atom stereocenters. The predicted molar refractivity (Wildman–Crippen MR) is 134 cm³/mol. The first-order chi connectivity index (χ1) is 16.9. The highest BCUT2D eigenvalue weighted by Gasteiger charge is 2.38. The summed E-state index contributed by atoms with van der Waals surface area (Å²) in [6.07, 6.45) is 2.39. The third kappa shape index (κ3) is 7.33. The zero-order valence-electron chi connectivity index (χ0n) is 20.4. The van der Waals surface area contributed by atoms with Crippen molar-refractivity contribution in [3.63, 3.8) is 0 Å². The predicted octanol–water partition coefficient (Wildman–Crippen LogP) is 5.39. The average Bonchev–Trinajstić information content (AvgIpc) is 3.31. The van der Waals surface area contributed by atoms with Crippen LogP contribution in [-0.4, -0.2) is 56.6 Å². The van der Waals surface area contributed by atoms with Gasteiger partial charge in [-0.05, 0) is 64.3 Å². The molecule has 2 aliphatic rings. The molecule has 36 heavy (non-hydrogen) atoms. The van der Waals surface area contributed by atoms with Crippen molar-refractivity contribution in [2.75, 3.05) is 35.3 Å². The molecule has 3 heterocycles. The normalized spacial score (nSPS) is 20.2. The zero-order valence-corrected chi connectivity index (χ0v) is 21.1. The Hall–Kier alpha value is -2.37. The van der Waals surface area contributed by atoms with Gasteiger partial charge in [-0.15, -0.1) is 11.6 Å². The van der Waals surface area contributed by atoms with E-state index in [4.69, 9.17) is 17.3 Å². The van der Waals surface area contributed by atoms with Gasteiger partial charge in [0.05, 0.1) is 23.7 Å². The number of aromatic nitrogens is 2. The molecular weight excluding hydrogens is 500 g/mol. The second kappa shape index (κ2) is 11.8. The molecule has 1 aromatic carbocycles. The highest BCUT2D eigenvalue weighted by molar-refractivity contribution is 6.18. The minimum absolute atomic E-state index is 0.0294. The van der Waals surface area contributed by atoms with Crippen LogP contribution in [0.2, 0.25) is 0 Å². The Morgan fingerprint density at radius 3 is 2.64 bits per heavy atom. The number of nitrogens with zero attached hydrogens (tertiary/aromatic N) is 3. The molecule has 0 amide bonds. The Balaban J connectivity index is 0.000000270. The fourth-order valence-corrected chi connectivity index (χ4v) is 4.82. The monoisotopic (exact) mass is 532 g/mol. The summed E-state index contributed by atoms with van der Waals surface area (Å²) in [7, 11) is 0. The molecular formula is C24H33ClF4N6O. The van der Waals surface area contributed by atoms with Gasteiger partial charge in [0.1, 0.15) is 0 Å². The highest BCUT2D eigenvalue weighted by atomic mass is 35.5. The third-order valence-electron chi connectivity index (χ3n) is 6.54. The number of nitrogens with two attached hydrogens (primary N) is 1. The van der Waals surface area contributed by atoms with Crippen molar-refractivity contribution in [3.8, 4) is 0 Å². The molecule has 12 heteroatoms. The molecule has 7 nitrogen and oxygen atoms in total. The number of nitrogens with one attached hydrogen (secondary N) is 2. The maximum absolute atomic E-state index is 13.2. The second-order valence-electron chi connectivity index (χ2n) is 9.69. The van der Waals surface area contributed by atoms with Crippen molar-refractivity contribution in [2.45, 2.75) is 69.8 Å². The molecule has 0 aliphatic carbocycles. The van der Waals surface area contributed by atoms with E-state index in [0.29, 0.717) is 5.54 Å². The van der Waals surface area contributed by atoms with Gasteiger partial charge in [-0.3, -0.25) is 4.90 Å². The van der Waals surface area contributed by atoms with Gasteiger partial charge in [-0.1, -0.05) is 6.42 Å². The van der Waals surface area contributed by atoms with E-state index in [-0.39, 0.29) is 29.7 Å². The van der Waals surface area contributed by atoms with Crippen molar-refractivity contribution in [1.82, 2.24) is 14.9 Å². The standard InChI is InChI=1S/C14H14ClF4N5O.C10H19N/c15-4-8(25)5-21-11-2-1-7(3-9(11)14(17,18)19)23-13-22-6-10(16)12(20)24-13;1-10(2)7-3-5-9-6-4-8-11(9)10/h1-3,6,8,21,25H,4-5H2,(H3,20,22,23,24);9H,3-8H2,1-2H3. The van der Waals surface area contributed by atoms with E-state index in [1.807, 2.05) is 0 Å². The summed E-state index contributed by atoms with van der Waals surface area (Å²) in [5.74, 6) is -1.52. The first-order valence-electron chi connectivity index (χ1n) is 11.9. The fourth-order valence-electron chi connectivity index (χ4n) is 4.71. The lowest BCUT2D eigenvalue weighted by atomic mass is 9.87. The molecule has 2 aromatic rings. The van der Waals surface area contributed by atoms with Crippen LogP contribution in [0.5, 0.6) is 0 Å². The van der Waals surface area contributed by atoms with Crippen LogP contribution in [0, 0.1) is 5.82 Å². The maximum Gasteiger partial charge on any atom is 0.418 e. The van der Waals surface area contributed by atoms with E-state index in [9.17, 15) is 22.7 Å². The zero-order chi connectivity index (χ0) is 26.5. The summed E-state index contributed by atoms with van der Waals surface area (Å²) < 4.78 is 52.7. The highest BCUT2D eigenvalue weighted by Crippen LogP contribution is 2.38. The van der Waals surface area contributed by atoms with Gasteiger partial charge in [0, 0.05) is 29.5 Å². The van der Waals surface area contributed by atoms with Crippen molar-refractivity contribution >= 4 is 34.7 Å². The van der Waals surface area contributed by atoms with Crippen LogP contribution in [-0.2, 0) is 6.18 Å². The Kier molecular flexibility index (Phi) is 9.23. The number of piperidine rings is 1. The van der Waals surface area contributed by atoms with Crippen LogP contribution in [0.4, 0.5) is 40.7 Å². The lowest BCUT2D eigenvalue weighted by Crippen LogP contribution is -2.49. The van der Waals surface area contributed by atoms with Gasteiger partial charge in [0.2, 0.25) is 5.95 Å². The second-order valence-corrected chi connectivity index (χ2v) is 10.0. The number of aliphatic hydroxyl groups is 1. The topological polar surface area (TPSA) is 99.3 Å². The summed E-state index contributed by atoms with van der Waals surface area (Å²) in [5, 5.41) is 14.4. The van der Waals surface area contributed by atoms with Crippen LogP contribution < -0.4 is 16.4 Å². The molecule has 2 saturated heterocycles. The number of benzene rings is 1. The Morgan fingerprint density at radius 2 is 2.00 bits per heavy atom. The molecule has 0 radical (unpaired) electrons. The summed E-state index contributed by atoms with van der Waals surface area (Å²) in [5.41, 5.74) is 4.65.